The molecule has 0 saturated carbocycles. The van der Waals surface area contributed by atoms with Gasteiger partial charge >= 0.3 is 12.4 Å². The van der Waals surface area contributed by atoms with Crippen molar-refractivity contribution in [3.05, 3.63) is 89.0 Å². The number of hydrogen-bond acceptors (Lipinski definition) is 2. The van der Waals surface area contributed by atoms with Crippen LogP contribution >= 0.6 is 0 Å². The van der Waals surface area contributed by atoms with E-state index in [0.717, 1.165) is 24.3 Å². The van der Waals surface area contributed by atoms with Crippen molar-refractivity contribution in [2.75, 3.05) is 13.1 Å². The first kappa shape index (κ1) is 24.6. The smallest absolute Gasteiger partial charge is 0.391 e. The first-order valence-corrected chi connectivity index (χ1v) is 10.2. The van der Waals surface area contributed by atoms with Crippen molar-refractivity contribution in [2.24, 2.45) is 0 Å². The highest BCUT2D eigenvalue weighted by Crippen LogP contribution is 2.33. The predicted octanol–water partition coefficient (Wildman–Crippen LogP) is 5.70. The molecule has 1 saturated heterocycles. The van der Waals surface area contributed by atoms with Gasteiger partial charge < -0.3 is 10.0 Å². The Balaban J connectivity index is 1.92. The van der Waals surface area contributed by atoms with E-state index in [0.29, 0.717) is 36.1 Å². The van der Waals surface area contributed by atoms with Crippen molar-refractivity contribution in [3.8, 4) is 0 Å². The minimum absolute atomic E-state index is 0.206. The first-order valence-electron chi connectivity index (χ1n) is 10.2. The summed E-state index contributed by atoms with van der Waals surface area (Å²) in [6, 6.07) is 8.45. The van der Waals surface area contributed by atoms with Crippen molar-refractivity contribution in [2.45, 2.75) is 31.3 Å². The molecular weight excluding hydrogens is 448 g/mol. The van der Waals surface area contributed by atoms with Gasteiger partial charge in [-0.2, -0.15) is 26.3 Å². The summed E-state index contributed by atoms with van der Waals surface area (Å²) in [7, 11) is 0. The third kappa shape index (κ3) is 6.47. The van der Waals surface area contributed by atoms with Crippen LogP contribution in [0, 0.1) is 0 Å². The molecule has 1 aliphatic heterocycles. The number of amides is 1. The first-order chi connectivity index (χ1) is 15.4. The van der Waals surface area contributed by atoms with Crippen molar-refractivity contribution in [3.63, 3.8) is 0 Å². The molecule has 1 heterocycles. The highest BCUT2D eigenvalue weighted by atomic mass is 19.4. The number of β-amino-alcohol motifs (C(OH)–C–C–N with tert-alkyl or cyclic N) is 1. The fourth-order valence-corrected chi connectivity index (χ4v) is 3.52. The molecule has 1 aliphatic rings. The van der Waals surface area contributed by atoms with Crippen molar-refractivity contribution < 1.29 is 36.2 Å². The van der Waals surface area contributed by atoms with E-state index < -0.39 is 29.6 Å². The van der Waals surface area contributed by atoms with E-state index in [2.05, 4.69) is 0 Å². The summed E-state index contributed by atoms with van der Waals surface area (Å²) in [6.45, 7) is 0.701. The number of allylic oxidation sites excluding steroid dienone is 2. The molecule has 2 aromatic carbocycles. The van der Waals surface area contributed by atoms with E-state index in [4.69, 9.17) is 0 Å². The second-order valence-corrected chi connectivity index (χ2v) is 7.67. The lowest BCUT2D eigenvalue weighted by Crippen LogP contribution is -2.41. The molecule has 0 spiro atoms. The molecule has 0 radical (unpaired) electrons. The molecule has 0 aliphatic carbocycles. The van der Waals surface area contributed by atoms with E-state index in [1.54, 1.807) is 0 Å². The maximum absolute atomic E-state index is 12.9. The van der Waals surface area contributed by atoms with Crippen LogP contribution in [0.15, 0.2) is 66.8 Å². The average Bonchev–Trinajstić information content (AvgIpc) is 2.76. The van der Waals surface area contributed by atoms with E-state index in [1.807, 2.05) is 0 Å². The third-order valence-electron chi connectivity index (χ3n) is 5.26. The normalized spacial score (nSPS) is 17.3. The molecule has 33 heavy (non-hydrogen) atoms. The average molecular weight is 469 g/mol. The van der Waals surface area contributed by atoms with Gasteiger partial charge in [0.15, 0.2) is 0 Å². The SMILES string of the molecule is O=C(C=CC=C(c1ccc(C(F)(F)F)cc1)c1ccc(C(F)(F)F)cc1)N1CCCC(O)C1. The topological polar surface area (TPSA) is 40.5 Å². The van der Waals surface area contributed by atoms with Crippen LogP contribution in [0.1, 0.15) is 35.1 Å². The van der Waals surface area contributed by atoms with Gasteiger partial charge in [0, 0.05) is 19.2 Å². The Morgan fingerprint density at radius 1 is 0.879 bits per heavy atom. The van der Waals surface area contributed by atoms with Crippen LogP contribution in [0.25, 0.3) is 5.57 Å². The molecule has 1 unspecified atom stereocenters. The summed E-state index contributed by atoms with van der Waals surface area (Å²) in [4.78, 5) is 13.8. The number of nitrogens with zero attached hydrogens (tertiary/aromatic N) is 1. The zero-order chi connectivity index (χ0) is 24.2. The van der Waals surface area contributed by atoms with E-state index >= 15 is 0 Å². The van der Waals surface area contributed by atoms with Crippen LogP contribution < -0.4 is 0 Å². The number of likely N-dealkylation sites (tertiary alicyclic amines) is 1. The summed E-state index contributed by atoms with van der Waals surface area (Å²) in [6.07, 6.45) is -4.26. The number of rotatable bonds is 4. The standard InChI is InChI=1S/C24H21F6NO2/c25-23(26,27)18-10-6-16(7-11-18)21(17-8-12-19(13-9-17)24(28,29)30)4-1-5-22(33)31-14-2-3-20(32)15-31/h1,4-13,20,32H,2-3,14-15H2. The van der Waals surface area contributed by atoms with E-state index in [-0.39, 0.29) is 12.5 Å². The number of carbonyl (C=O) groups excluding carboxylic acids is 1. The maximum Gasteiger partial charge on any atom is 0.416 e. The zero-order valence-electron chi connectivity index (χ0n) is 17.3. The molecular formula is C24H21F6NO2. The molecule has 0 aromatic heterocycles. The van der Waals surface area contributed by atoms with Gasteiger partial charge in [-0.15, -0.1) is 0 Å². The Morgan fingerprint density at radius 3 is 1.79 bits per heavy atom. The number of aliphatic hydroxyl groups is 1. The van der Waals surface area contributed by atoms with Gasteiger partial charge in [0.05, 0.1) is 17.2 Å². The van der Waals surface area contributed by atoms with Crippen molar-refractivity contribution in [1.82, 2.24) is 4.90 Å². The molecule has 1 N–H and O–H groups in total. The van der Waals surface area contributed by atoms with Crippen LogP contribution in [-0.4, -0.2) is 35.1 Å². The number of benzene rings is 2. The number of piperidine rings is 1. The van der Waals surface area contributed by atoms with Gasteiger partial charge in [0.25, 0.3) is 0 Å². The van der Waals surface area contributed by atoms with Gasteiger partial charge in [-0.25, -0.2) is 0 Å². The van der Waals surface area contributed by atoms with Crippen LogP contribution in [0.2, 0.25) is 0 Å². The van der Waals surface area contributed by atoms with Crippen LogP contribution in [0.3, 0.4) is 0 Å². The number of halogens is 6. The Bertz CT molecular complexity index is 961. The lowest BCUT2D eigenvalue weighted by molar-refractivity contribution is -0.138. The van der Waals surface area contributed by atoms with Gasteiger partial charge in [-0.3, -0.25) is 4.79 Å². The highest BCUT2D eigenvalue weighted by molar-refractivity contribution is 5.89. The van der Waals surface area contributed by atoms with E-state index in [9.17, 15) is 36.2 Å². The minimum atomic E-state index is -4.53. The largest absolute Gasteiger partial charge is 0.416 e. The van der Waals surface area contributed by atoms with Crippen molar-refractivity contribution >= 4 is 11.5 Å². The Labute approximate surface area is 186 Å². The Hall–Kier alpha value is -3.07. The lowest BCUT2D eigenvalue weighted by Gasteiger charge is -2.29. The highest BCUT2D eigenvalue weighted by Gasteiger charge is 2.31. The summed E-state index contributed by atoms with van der Waals surface area (Å²) >= 11 is 0. The van der Waals surface area contributed by atoms with Crippen LogP contribution in [-0.2, 0) is 17.1 Å². The monoisotopic (exact) mass is 469 g/mol. The predicted molar refractivity (Wildman–Crippen MR) is 111 cm³/mol. The van der Waals surface area contributed by atoms with Gasteiger partial charge in [-0.1, -0.05) is 36.4 Å². The fourth-order valence-electron chi connectivity index (χ4n) is 3.52. The molecule has 1 atom stereocenters. The Morgan fingerprint density at radius 2 is 1.36 bits per heavy atom. The van der Waals surface area contributed by atoms with Gasteiger partial charge in [-0.05, 0) is 53.8 Å². The number of carbonyl (C=O) groups is 1. The molecule has 0 bridgehead atoms. The summed E-state index contributed by atoms with van der Waals surface area (Å²) in [5.41, 5.74) is -0.679. The number of hydrogen-bond donors (Lipinski definition) is 1. The third-order valence-corrected chi connectivity index (χ3v) is 5.26. The van der Waals surface area contributed by atoms with Gasteiger partial charge in [0.1, 0.15) is 0 Å². The molecule has 3 rings (SSSR count). The summed E-state index contributed by atoms with van der Waals surface area (Å²) < 4.78 is 77.4. The lowest BCUT2D eigenvalue weighted by atomic mass is 9.95. The minimum Gasteiger partial charge on any atom is -0.391 e. The quantitative estimate of drug-likeness (QED) is 0.355. The van der Waals surface area contributed by atoms with E-state index in [1.165, 1.54) is 47.4 Å². The maximum atomic E-state index is 12.9. The van der Waals surface area contributed by atoms with Crippen molar-refractivity contribution in [1.29, 1.82) is 0 Å². The summed E-state index contributed by atoms with van der Waals surface area (Å²) in [5, 5.41) is 9.71. The summed E-state index contributed by atoms with van der Waals surface area (Å²) in [5.74, 6) is -0.343. The molecule has 1 amide bonds. The Kier molecular flexibility index (Phi) is 7.31. The molecule has 176 valence electrons. The number of aliphatic hydroxyl groups excluding tert-OH is 1. The van der Waals surface area contributed by atoms with Crippen LogP contribution in [0.5, 0.6) is 0 Å². The number of alkyl halides is 6. The van der Waals surface area contributed by atoms with Crippen LogP contribution in [0.4, 0.5) is 26.3 Å². The second kappa shape index (κ2) is 9.82. The second-order valence-electron chi connectivity index (χ2n) is 7.67. The molecule has 3 nitrogen and oxygen atoms in total. The fraction of sp³-hybridized carbons (Fsp3) is 0.292. The molecule has 1 fully saturated rings. The zero-order valence-corrected chi connectivity index (χ0v) is 17.3. The van der Waals surface area contributed by atoms with Gasteiger partial charge in [0.2, 0.25) is 5.91 Å². The molecule has 9 heteroatoms. The molecule has 2 aromatic rings.